The van der Waals surface area contributed by atoms with Crippen LogP contribution in [0, 0.1) is 17.3 Å². The summed E-state index contributed by atoms with van der Waals surface area (Å²) in [5, 5.41) is 9.82. The average molecular weight is 402 g/mol. The Bertz CT molecular complexity index is 708. The predicted molar refractivity (Wildman–Crippen MR) is 108 cm³/mol. The van der Waals surface area contributed by atoms with Gasteiger partial charge in [0, 0.05) is 24.9 Å². The molecule has 1 aliphatic rings. The Morgan fingerprint density at radius 2 is 1.97 bits per heavy atom. The van der Waals surface area contributed by atoms with Crippen molar-refractivity contribution < 1.29 is 24.2 Å². The number of ether oxygens (including phenoxy) is 2. The van der Waals surface area contributed by atoms with Crippen LogP contribution in [-0.2, 0) is 19.1 Å². The van der Waals surface area contributed by atoms with Crippen LogP contribution in [0.5, 0.6) is 0 Å². The fourth-order valence-electron chi connectivity index (χ4n) is 3.45. The van der Waals surface area contributed by atoms with Gasteiger partial charge in [0.1, 0.15) is 0 Å². The van der Waals surface area contributed by atoms with Crippen molar-refractivity contribution in [2.45, 2.75) is 45.6 Å². The molecule has 1 atom stereocenters. The lowest BCUT2D eigenvalue weighted by atomic mass is 9.85. The molecular formula is C22H30N2O5. The van der Waals surface area contributed by atoms with Crippen LogP contribution in [0.2, 0.25) is 0 Å². The summed E-state index contributed by atoms with van der Waals surface area (Å²) < 4.78 is 10.0. The number of likely N-dealkylation sites (tertiary alicyclic amines) is 1. The second-order valence-corrected chi connectivity index (χ2v) is 6.98. The van der Waals surface area contributed by atoms with Gasteiger partial charge in [-0.3, -0.25) is 19.5 Å². The topological polar surface area (TPSA) is 89.0 Å². The van der Waals surface area contributed by atoms with Crippen LogP contribution in [-0.4, -0.2) is 59.8 Å². The Morgan fingerprint density at radius 1 is 1.24 bits per heavy atom. The van der Waals surface area contributed by atoms with E-state index in [1.54, 1.807) is 20.0 Å². The second-order valence-electron chi connectivity index (χ2n) is 6.98. The molecule has 0 amide bonds. The van der Waals surface area contributed by atoms with Crippen LogP contribution >= 0.6 is 0 Å². The molecule has 0 radical (unpaired) electrons. The van der Waals surface area contributed by atoms with Crippen molar-refractivity contribution >= 4 is 11.9 Å². The van der Waals surface area contributed by atoms with Crippen LogP contribution < -0.4 is 0 Å². The van der Waals surface area contributed by atoms with Crippen LogP contribution in [0.25, 0.3) is 0 Å². The third kappa shape index (κ3) is 5.78. The number of carbonyl (C=O) groups excluding carboxylic acids is 2. The van der Waals surface area contributed by atoms with Crippen molar-refractivity contribution in [3.8, 4) is 11.8 Å². The molecular weight excluding hydrogens is 372 g/mol. The van der Waals surface area contributed by atoms with Gasteiger partial charge in [-0.25, -0.2) is 0 Å². The molecule has 2 heterocycles. The van der Waals surface area contributed by atoms with Gasteiger partial charge >= 0.3 is 11.9 Å². The maximum absolute atomic E-state index is 12.4. The van der Waals surface area contributed by atoms with E-state index in [4.69, 9.17) is 9.47 Å². The Hall–Kier alpha value is -2.43. The molecule has 1 saturated heterocycles. The second kappa shape index (κ2) is 11.5. The van der Waals surface area contributed by atoms with Gasteiger partial charge in [0.05, 0.1) is 26.4 Å². The summed E-state index contributed by atoms with van der Waals surface area (Å²) in [5.74, 6) is 4.37. The molecule has 7 heteroatoms. The maximum atomic E-state index is 12.4. The van der Waals surface area contributed by atoms with E-state index in [0.717, 1.165) is 31.4 Å². The molecule has 1 N–H and O–H groups in total. The third-order valence-electron chi connectivity index (χ3n) is 5.08. The largest absolute Gasteiger partial charge is 0.465 e. The Morgan fingerprint density at radius 3 is 2.55 bits per heavy atom. The number of hydrogen-bond donors (Lipinski definition) is 1. The van der Waals surface area contributed by atoms with Gasteiger partial charge < -0.3 is 14.6 Å². The van der Waals surface area contributed by atoms with Gasteiger partial charge in [-0.15, -0.1) is 5.92 Å². The van der Waals surface area contributed by atoms with Gasteiger partial charge in [-0.2, -0.15) is 0 Å². The van der Waals surface area contributed by atoms with Gasteiger partial charge in [-0.05, 0) is 44.9 Å². The molecule has 0 bridgehead atoms. The van der Waals surface area contributed by atoms with E-state index >= 15 is 0 Å². The summed E-state index contributed by atoms with van der Waals surface area (Å²) in [6.07, 6.45) is 6.80. The van der Waals surface area contributed by atoms with Crippen LogP contribution in [0.1, 0.15) is 51.1 Å². The maximum Gasteiger partial charge on any atom is 0.326 e. The predicted octanol–water partition coefficient (Wildman–Crippen LogP) is 2.11. The van der Waals surface area contributed by atoms with Crippen LogP contribution in [0.15, 0.2) is 24.5 Å². The zero-order valence-electron chi connectivity index (χ0n) is 17.2. The Labute approximate surface area is 172 Å². The molecule has 1 aromatic rings. The summed E-state index contributed by atoms with van der Waals surface area (Å²) in [6.45, 7) is 4.23. The van der Waals surface area contributed by atoms with Crippen molar-refractivity contribution in [2.24, 2.45) is 5.41 Å². The molecule has 29 heavy (non-hydrogen) atoms. The van der Waals surface area contributed by atoms with E-state index < -0.39 is 24.0 Å². The molecule has 2 rings (SSSR count). The van der Waals surface area contributed by atoms with Crippen molar-refractivity contribution in [1.82, 2.24) is 9.88 Å². The molecule has 0 unspecified atom stereocenters. The van der Waals surface area contributed by atoms with Crippen molar-refractivity contribution in [3.05, 3.63) is 30.1 Å². The first-order chi connectivity index (χ1) is 14.1. The SMILES string of the molecule is CCOC(=O)C(CO)(CC#CCN1CCCC[C@H]1c1cccnc1)C(=O)OCC. The number of piperidine rings is 1. The smallest absolute Gasteiger partial charge is 0.326 e. The number of aliphatic hydroxyl groups excluding tert-OH is 1. The molecule has 0 aliphatic carbocycles. The van der Waals surface area contributed by atoms with E-state index in [-0.39, 0.29) is 25.7 Å². The monoisotopic (exact) mass is 402 g/mol. The minimum atomic E-state index is -1.80. The van der Waals surface area contributed by atoms with E-state index in [1.165, 1.54) is 0 Å². The summed E-state index contributed by atoms with van der Waals surface area (Å²) in [5.41, 5.74) is -0.638. The first kappa shape index (κ1) is 22.9. The zero-order chi connectivity index (χ0) is 21.1. The quantitative estimate of drug-likeness (QED) is 0.405. The average Bonchev–Trinajstić information content (AvgIpc) is 2.75. The summed E-state index contributed by atoms with van der Waals surface area (Å²) in [6, 6.07) is 4.26. The lowest BCUT2D eigenvalue weighted by Crippen LogP contribution is -2.45. The minimum absolute atomic E-state index is 0.105. The van der Waals surface area contributed by atoms with Crippen molar-refractivity contribution in [2.75, 3.05) is 32.9 Å². The Balaban J connectivity index is 2.11. The molecule has 1 aromatic heterocycles. The van der Waals surface area contributed by atoms with Gasteiger partial charge in [0.25, 0.3) is 0 Å². The highest BCUT2D eigenvalue weighted by Crippen LogP contribution is 2.30. The standard InChI is InChI=1S/C22H30N2O5/c1-3-28-20(26)22(17-25,21(27)29-4-2)12-6-8-15-24-14-7-5-11-19(24)18-10-9-13-23-16-18/h9-10,13,16,19,25H,3-5,7,11-12,14-15,17H2,1-2H3/t19-/m0/s1. The van der Waals surface area contributed by atoms with Crippen molar-refractivity contribution in [1.29, 1.82) is 0 Å². The highest BCUT2D eigenvalue weighted by atomic mass is 16.6. The summed E-state index contributed by atoms with van der Waals surface area (Å²) >= 11 is 0. The number of hydrogen-bond acceptors (Lipinski definition) is 7. The molecule has 0 aromatic carbocycles. The van der Waals surface area contributed by atoms with E-state index in [9.17, 15) is 14.7 Å². The first-order valence-corrected chi connectivity index (χ1v) is 10.1. The van der Waals surface area contributed by atoms with E-state index in [2.05, 4.69) is 27.8 Å². The minimum Gasteiger partial charge on any atom is -0.465 e. The highest BCUT2D eigenvalue weighted by Gasteiger charge is 2.48. The third-order valence-corrected chi connectivity index (χ3v) is 5.08. The van der Waals surface area contributed by atoms with Gasteiger partial charge in [0.15, 0.2) is 5.41 Å². The lowest BCUT2D eigenvalue weighted by molar-refractivity contribution is -0.174. The molecule has 0 saturated carbocycles. The lowest BCUT2D eigenvalue weighted by Gasteiger charge is -2.34. The highest BCUT2D eigenvalue weighted by molar-refractivity contribution is 6.00. The molecule has 0 spiro atoms. The zero-order valence-corrected chi connectivity index (χ0v) is 17.2. The number of rotatable bonds is 8. The number of aromatic nitrogens is 1. The normalized spacial score (nSPS) is 17.1. The summed E-state index contributed by atoms with van der Waals surface area (Å²) in [4.78, 5) is 31.2. The number of carbonyl (C=O) groups is 2. The van der Waals surface area contributed by atoms with Gasteiger partial charge in [-0.1, -0.05) is 18.4 Å². The fourth-order valence-corrected chi connectivity index (χ4v) is 3.45. The van der Waals surface area contributed by atoms with Gasteiger partial charge in [0.2, 0.25) is 0 Å². The van der Waals surface area contributed by atoms with E-state index in [0.29, 0.717) is 6.54 Å². The molecule has 1 aliphatic heterocycles. The number of nitrogens with zero attached hydrogens (tertiary/aromatic N) is 2. The van der Waals surface area contributed by atoms with E-state index in [1.807, 2.05) is 12.3 Å². The Kier molecular flexibility index (Phi) is 9.10. The molecule has 1 fully saturated rings. The summed E-state index contributed by atoms with van der Waals surface area (Å²) in [7, 11) is 0. The number of esters is 2. The van der Waals surface area contributed by atoms with Crippen LogP contribution in [0.3, 0.4) is 0 Å². The number of aliphatic hydroxyl groups is 1. The fraction of sp³-hybridized carbons (Fsp3) is 0.591. The first-order valence-electron chi connectivity index (χ1n) is 10.1. The van der Waals surface area contributed by atoms with Crippen LogP contribution in [0.4, 0.5) is 0 Å². The molecule has 7 nitrogen and oxygen atoms in total. The number of pyridine rings is 1. The van der Waals surface area contributed by atoms with Crippen molar-refractivity contribution in [3.63, 3.8) is 0 Å². The molecule has 158 valence electrons.